The molecule has 5 unspecified atom stereocenters. The van der Waals surface area contributed by atoms with E-state index in [1.54, 1.807) is 5.57 Å². The Bertz CT molecular complexity index is 335. The Morgan fingerprint density at radius 3 is 1.88 bits per heavy atom. The van der Waals surface area contributed by atoms with Gasteiger partial charge in [-0.25, -0.2) is 0 Å². The van der Waals surface area contributed by atoms with Crippen LogP contribution >= 0.6 is 0 Å². The maximum Gasteiger partial charge on any atom is 0.105 e. The molecule has 0 aromatic heterocycles. The molecule has 0 saturated heterocycles. The first kappa shape index (κ1) is 24.8. The van der Waals surface area contributed by atoms with Crippen LogP contribution in [0.25, 0.3) is 0 Å². The first-order chi connectivity index (χ1) is 11.8. The molecular weight excluding hydrogens is 299 g/mol. The summed E-state index contributed by atoms with van der Waals surface area (Å²) in [7, 11) is 2.39. The van der Waals surface area contributed by atoms with Crippen LogP contribution in [-0.4, -0.2) is 7.85 Å². The van der Waals surface area contributed by atoms with Gasteiger partial charge in [0, 0.05) is 0 Å². The maximum atomic E-state index is 4.54. The van der Waals surface area contributed by atoms with E-state index in [2.05, 4.69) is 62.9 Å². The standard InChI is InChI=1S/C24H49B/c1-9-13-20(7)24(18(5)11-3)21(8)17-22(14-10-2)19(6)15-16-23(25)12-4/h18,20-24H,6,9-17,25H2,1-5,7-8H3/t18?,20-,21?,22?,23?,24?/m1/s1. The van der Waals surface area contributed by atoms with Crippen LogP contribution in [0, 0.1) is 29.6 Å². The second-order valence-corrected chi connectivity index (χ2v) is 9.14. The highest BCUT2D eigenvalue weighted by atomic mass is 14.3. The molecule has 6 atom stereocenters. The molecule has 148 valence electrons. The number of hydrogen-bond acceptors (Lipinski definition) is 0. The Hall–Kier alpha value is -0.195. The summed E-state index contributed by atoms with van der Waals surface area (Å²) in [6.45, 7) is 21.4. The minimum atomic E-state index is 0.740. The number of allylic oxidation sites excluding steroid dienone is 1. The van der Waals surface area contributed by atoms with Crippen LogP contribution in [0.4, 0.5) is 0 Å². The largest absolute Gasteiger partial charge is 0.105 e. The van der Waals surface area contributed by atoms with E-state index in [1.165, 1.54) is 57.8 Å². The predicted octanol–water partition coefficient (Wildman–Crippen LogP) is 7.70. The quantitative estimate of drug-likeness (QED) is 0.210. The molecule has 0 nitrogen and oxygen atoms in total. The zero-order valence-corrected chi connectivity index (χ0v) is 19.0. The van der Waals surface area contributed by atoms with E-state index in [9.17, 15) is 0 Å². The number of rotatable bonds is 15. The zero-order valence-electron chi connectivity index (χ0n) is 19.0. The van der Waals surface area contributed by atoms with Crippen LogP contribution in [0.2, 0.25) is 5.82 Å². The van der Waals surface area contributed by atoms with Gasteiger partial charge in [-0.3, -0.25) is 0 Å². The molecule has 25 heavy (non-hydrogen) atoms. The monoisotopic (exact) mass is 348 g/mol. The SMILES string of the molecule is BC(CC)CCC(=C)C(CCC)CC(C)C(C(C)CC)[C@H](C)CCC. The van der Waals surface area contributed by atoms with Crippen LogP contribution in [0.15, 0.2) is 12.2 Å². The minimum Gasteiger partial charge on any atom is -0.0996 e. The van der Waals surface area contributed by atoms with Crippen molar-refractivity contribution in [3.8, 4) is 0 Å². The first-order valence-corrected chi connectivity index (χ1v) is 11.5. The van der Waals surface area contributed by atoms with Gasteiger partial charge in [-0.2, -0.15) is 0 Å². The maximum absolute atomic E-state index is 4.54. The highest BCUT2D eigenvalue weighted by molar-refractivity contribution is 6.11. The fourth-order valence-electron chi connectivity index (χ4n) is 4.89. The van der Waals surface area contributed by atoms with Crippen LogP contribution in [0.3, 0.4) is 0 Å². The van der Waals surface area contributed by atoms with Crippen molar-refractivity contribution in [2.24, 2.45) is 29.6 Å². The van der Waals surface area contributed by atoms with E-state index in [0.29, 0.717) is 0 Å². The normalized spacial score (nSPS) is 19.0. The van der Waals surface area contributed by atoms with Crippen molar-refractivity contribution in [1.29, 1.82) is 0 Å². The second-order valence-electron chi connectivity index (χ2n) is 9.14. The summed E-state index contributed by atoms with van der Waals surface area (Å²) in [5.74, 6) is 4.95. The lowest BCUT2D eigenvalue weighted by Crippen LogP contribution is -2.28. The topological polar surface area (TPSA) is 0 Å². The van der Waals surface area contributed by atoms with E-state index in [1.807, 2.05) is 0 Å². The lowest BCUT2D eigenvalue weighted by Gasteiger charge is -2.36. The number of hydrogen-bond donors (Lipinski definition) is 0. The average molecular weight is 348 g/mol. The van der Waals surface area contributed by atoms with Crippen molar-refractivity contribution in [3.05, 3.63) is 12.2 Å². The molecule has 0 rings (SSSR count). The van der Waals surface area contributed by atoms with Gasteiger partial charge in [0.15, 0.2) is 0 Å². The third kappa shape index (κ3) is 9.34. The molecule has 1 heteroatoms. The molecule has 0 saturated carbocycles. The summed E-state index contributed by atoms with van der Waals surface area (Å²) in [6.07, 6.45) is 11.9. The van der Waals surface area contributed by atoms with E-state index in [4.69, 9.17) is 0 Å². The van der Waals surface area contributed by atoms with Crippen molar-refractivity contribution < 1.29 is 0 Å². The third-order valence-electron chi connectivity index (χ3n) is 6.89. The van der Waals surface area contributed by atoms with Gasteiger partial charge in [-0.05, 0) is 48.9 Å². The summed E-state index contributed by atoms with van der Waals surface area (Å²) in [6, 6.07) is 0. The van der Waals surface area contributed by atoms with Gasteiger partial charge < -0.3 is 0 Å². The highest BCUT2D eigenvalue weighted by Crippen LogP contribution is 2.39. The first-order valence-electron chi connectivity index (χ1n) is 11.5. The van der Waals surface area contributed by atoms with Crippen molar-refractivity contribution >= 4 is 7.85 Å². The molecule has 0 fully saturated rings. The molecule has 0 aromatic rings. The smallest absolute Gasteiger partial charge is 0.0996 e. The molecule has 0 amide bonds. The Morgan fingerprint density at radius 2 is 1.40 bits per heavy atom. The van der Waals surface area contributed by atoms with E-state index >= 15 is 0 Å². The van der Waals surface area contributed by atoms with Crippen LogP contribution in [0.5, 0.6) is 0 Å². The lowest BCUT2D eigenvalue weighted by atomic mass is 9.69. The molecular formula is C24H49B. The average Bonchev–Trinajstić information content (AvgIpc) is 2.58. The zero-order chi connectivity index (χ0) is 19.4. The van der Waals surface area contributed by atoms with E-state index < -0.39 is 0 Å². The molecule has 0 spiro atoms. The molecule has 0 radical (unpaired) electrons. The van der Waals surface area contributed by atoms with E-state index in [0.717, 1.165) is 35.4 Å². The molecule has 0 bridgehead atoms. The van der Waals surface area contributed by atoms with Crippen LogP contribution < -0.4 is 0 Å². The van der Waals surface area contributed by atoms with E-state index in [-0.39, 0.29) is 0 Å². The van der Waals surface area contributed by atoms with Gasteiger partial charge >= 0.3 is 0 Å². The van der Waals surface area contributed by atoms with Gasteiger partial charge in [-0.15, -0.1) is 0 Å². The Morgan fingerprint density at radius 1 is 0.800 bits per heavy atom. The molecule has 0 N–H and O–H groups in total. The van der Waals surface area contributed by atoms with Crippen LogP contribution in [-0.2, 0) is 0 Å². The van der Waals surface area contributed by atoms with Gasteiger partial charge in [-0.1, -0.05) is 105 Å². The van der Waals surface area contributed by atoms with Gasteiger partial charge in [0.2, 0.25) is 0 Å². The lowest BCUT2D eigenvalue weighted by molar-refractivity contribution is 0.143. The molecule has 0 heterocycles. The summed E-state index contributed by atoms with van der Waals surface area (Å²) in [5, 5.41) is 0. The molecule has 0 aliphatic heterocycles. The van der Waals surface area contributed by atoms with Gasteiger partial charge in [0.05, 0.1) is 0 Å². The van der Waals surface area contributed by atoms with Gasteiger partial charge in [0.25, 0.3) is 0 Å². The summed E-state index contributed by atoms with van der Waals surface area (Å²) in [5.41, 5.74) is 1.54. The summed E-state index contributed by atoms with van der Waals surface area (Å²) < 4.78 is 0. The molecule has 0 aromatic carbocycles. The highest BCUT2D eigenvalue weighted by Gasteiger charge is 2.29. The summed E-state index contributed by atoms with van der Waals surface area (Å²) in [4.78, 5) is 0. The Kier molecular flexibility index (Phi) is 13.8. The molecule has 0 aliphatic carbocycles. The van der Waals surface area contributed by atoms with Gasteiger partial charge in [0.1, 0.15) is 7.85 Å². The van der Waals surface area contributed by atoms with Crippen LogP contribution in [0.1, 0.15) is 106 Å². The predicted molar refractivity (Wildman–Crippen MR) is 120 cm³/mol. The fraction of sp³-hybridized carbons (Fsp3) is 0.917. The van der Waals surface area contributed by atoms with Crippen molar-refractivity contribution in [2.75, 3.05) is 0 Å². The molecule has 0 aliphatic rings. The second kappa shape index (κ2) is 13.9. The minimum absolute atomic E-state index is 0.740. The fourth-order valence-corrected chi connectivity index (χ4v) is 4.89. The van der Waals surface area contributed by atoms with Crippen molar-refractivity contribution in [1.82, 2.24) is 0 Å². The van der Waals surface area contributed by atoms with Crippen molar-refractivity contribution in [3.63, 3.8) is 0 Å². The van der Waals surface area contributed by atoms with Crippen molar-refractivity contribution in [2.45, 2.75) is 112 Å². The Balaban J connectivity index is 4.95. The third-order valence-corrected chi connectivity index (χ3v) is 6.89. The Labute approximate surface area is 162 Å². The summed E-state index contributed by atoms with van der Waals surface area (Å²) >= 11 is 0.